The highest BCUT2D eigenvalue weighted by Gasteiger charge is 2.30. The fraction of sp³-hybridized carbons (Fsp3) is 0.636. The lowest BCUT2D eigenvalue weighted by molar-refractivity contribution is -0.136. The maximum absolute atomic E-state index is 13.2. The van der Waals surface area contributed by atoms with Crippen LogP contribution in [0, 0.1) is 5.92 Å². The van der Waals surface area contributed by atoms with Gasteiger partial charge >= 0.3 is 0 Å². The van der Waals surface area contributed by atoms with Gasteiger partial charge < -0.3 is 15.1 Å². The first-order valence-electron chi connectivity index (χ1n) is 10.4. The van der Waals surface area contributed by atoms with Crippen molar-refractivity contribution >= 4 is 23.6 Å². The molecule has 2 aliphatic heterocycles. The van der Waals surface area contributed by atoms with Gasteiger partial charge in [0.2, 0.25) is 11.8 Å². The van der Waals surface area contributed by atoms with Gasteiger partial charge in [0.1, 0.15) is 0 Å². The van der Waals surface area contributed by atoms with Crippen molar-refractivity contribution in [1.29, 1.82) is 0 Å². The normalized spacial score (nSPS) is 23.4. The van der Waals surface area contributed by atoms with E-state index in [9.17, 15) is 9.59 Å². The summed E-state index contributed by atoms with van der Waals surface area (Å²) in [7, 11) is 2.06. The zero-order valence-electron chi connectivity index (χ0n) is 17.2. The first kappa shape index (κ1) is 21.2. The standard InChI is InChI=1S/C22H33N3O2S/c1-24-15-19(7-8-20(16-24)23-21(26)11-14-28-2)22(27)25-12-9-17-5-3-4-6-18(17)10-13-25/h3-6,19-20H,7-16H2,1-2H3,(H,23,26)/t19-,20+/m1/s1. The summed E-state index contributed by atoms with van der Waals surface area (Å²) in [4.78, 5) is 29.6. The fourth-order valence-corrected chi connectivity index (χ4v) is 4.76. The van der Waals surface area contributed by atoms with E-state index >= 15 is 0 Å². The molecule has 0 aromatic heterocycles. The minimum atomic E-state index is 0.0271. The lowest BCUT2D eigenvalue weighted by Gasteiger charge is -2.27. The number of benzene rings is 1. The molecule has 2 heterocycles. The van der Waals surface area contributed by atoms with E-state index in [0.29, 0.717) is 6.42 Å². The van der Waals surface area contributed by atoms with E-state index in [1.165, 1.54) is 11.1 Å². The number of rotatable bonds is 5. The molecule has 0 spiro atoms. The second kappa shape index (κ2) is 10.3. The molecule has 1 aromatic rings. The maximum atomic E-state index is 13.2. The monoisotopic (exact) mass is 403 g/mol. The van der Waals surface area contributed by atoms with Crippen LogP contribution in [-0.4, -0.2) is 72.9 Å². The van der Waals surface area contributed by atoms with Gasteiger partial charge in [0.15, 0.2) is 0 Å². The number of thioether (sulfide) groups is 1. The Morgan fingerprint density at radius 2 is 1.79 bits per heavy atom. The van der Waals surface area contributed by atoms with Crippen LogP contribution in [0.3, 0.4) is 0 Å². The highest BCUT2D eigenvalue weighted by atomic mass is 32.2. The van der Waals surface area contributed by atoms with Crippen molar-refractivity contribution in [1.82, 2.24) is 15.1 Å². The Morgan fingerprint density at radius 3 is 2.43 bits per heavy atom. The molecule has 0 unspecified atom stereocenters. The molecule has 0 radical (unpaired) electrons. The number of carbonyl (C=O) groups excluding carboxylic acids is 2. The van der Waals surface area contributed by atoms with E-state index < -0.39 is 0 Å². The van der Waals surface area contributed by atoms with E-state index in [4.69, 9.17) is 0 Å². The quantitative estimate of drug-likeness (QED) is 0.819. The summed E-state index contributed by atoms with van der Waals surface area (Å²) < 4.78 is 0. The Hall–Kier alpha value is -1.53. The summed E-state index contributed by atoms with van der Waals surface area (Å²) in [6, 6.07) is 8.69. The number of nitrogens with zero attached hydrogens (tertiary/aromatic N) is 2. The van der Waals surface area contributed by atoms with Gasteiger partial charge in [-0.25, -0.2) is 0 Å². The van der Waals surface area contributed by atoms with Crippen LogP contribution in [0.15, 0.2) is 24.3 Å². The van der Waals surface area contributed by atoms with Crippen LogP contribution in [0.2, 0.25) is 0 Å². The van der Waals surface area contributed by atoms with Crippen LogP contribution < -0.4 is 5.32 Å². The molecule has 2 atom stereocenters. The molecule has 28 heavy (non-hydrogen) atoms. The second-order valence-electron chi connectivity index (χ2n) is 8.10. The predicted octanol–water partition coefficient (Wildman–Crippen LogP) is 2.19. The molecule has 2 amide bonds. The number of likely N-dealkylation sites (tertiary alicyclic amines) is 1. The summed E-state index contributed by atoms with van der Waals surface area (Å²) in [6.45, 7) is 3.22. The van der Waals surface area contributed by atoms with Gasteiger partial charge in [-0.3, -0.25) is 9.59 Å². The number of nitrogens with one attached hydrogen (secondary N) is 1. The lowest BCUT2D eigenvalue weighted by Crippen LogP contribution is -2.43. The molecular formula is C22H33N3O2S. The highest BCUT2D eigenvalue weighted by molar-refractivity contribution is 7.98. The Labute approximate surface area is 173 Å². The van der Waals surface area contributed by atoms with E-state index in [2.05, 4.69) is 46.4 Å². The Balaban J connectivity index is 1.55. The number of hydrogen-bond acceptors (Lipinski definition) is 4. The molecular weight excluding hydrogens is 370 g/mol. The lowest BCUT2D eigenvalue weighted by atomic mass is 10.00. The van der Waals surface area contributed by atoms with Crippen LogP contribution in [-0.2, 0) is 22.4 Å². The molecule has 0 saturated carbocycles. The van der Waals surface area contributed by atoms with Gasteiger partial charge in [0.25, 0.3) is 0 Å². The first-order chi connectivity index (χ1) is 13.6. The SMILES string of the molecule is CSCCC(=O)N[C@H]1CC[C@@H](C(=O)N2CCc3ccccc3CC2)CN(C)C1. The van der Waals surface area contributed by atoms with E-state index in [-0.39, 0.29) is 23.8 Å². The minimum Gasteiger partial charge on any atom is -0.352 e. The highest BCUT2D eigenvalue weighted by Crippen LogP contribution is 2.22. The predicted molar refractivity (Wildman–Crippen MR) is 116 cm³/mol. The van der Waals surface area contributed by atoms with Gasteiger partial charge in [-0.05, 0) is 50.1 Å². The van der Waals surface area contributed by atoms with Crippen molar-refractivity contribution in [2.24, 2.45) is 5.92 Å². The van der Waals surface area contributed by atoms with E-state index in [1.807, 2.05) is 6.26 Å². The van der Waals surface area contributed by atoms with Gasteiger partial charge in [-0.2, -0.15) is 11.8 Å². The Kier molecular flexibility index (Phi) is 7.80. The molecule has 0 bridgehead atoms. The molecule has 1 saturated heterocycles. The fourth-order valence-electron chi connectivity index (χ4n) is 4.37. The zero-order chi connectivity index (χ0) is 19.9. The minimum absolute atomic E-state index is 0.0271. The Morgan fingerprint density at radius 1 is 1.11 bits per heavy atom. The summed E-state index contributed by atoms with van der Waals surface area (Å²) >= 11 is 1.69. The summed E-state index contributed by atoms with van der Waals surface area (Å²) in [6.07, 6.45) is 6.19. The number of hydrogen-bond donors (Lipinski definition) is 1. The number of fused-ring (bicyclic) bond motifs is 1. The van der Waals surface area contributed by atoms with Crippen LogP contribution in [0.25, 0.3) is 0 Å². The van der Waals surface area contributed by atoms with Crippen molar-refractivity contribution in [2.75, 3.05) is 45.2 Å². The van der Waals surface area contributed by atoms with Crippen LogP contribution >= 0.6 is 11.8 Å². The van der Waals surface area contributed by atoms with Gasteiger partial charge in [0, 0.05) is 44.4 Å². The van der Waals surface area contributed by atoms with Gasteiger partial charge in [-0.15, -0.1) is 0 Å². The number of likely N-dealkylation sites (N-methyl/N-ethyl adjacent to an activating group) is 1. The molecule has 154 valence electrons. The van der Waals surface area contributed by atoms with Gasteiger partial charge in [0.05, 0.1) is 5.92 Å². The Bertz CT molecular complexity index is 655. The van der Waals surface area contributed by atoms with Crippen LogP contribution in [0.4, 0.5) is 0 Å². The second-order valence-corrected chi connectivity index (χ2v) is 9.08. The molecule has 2 aliphatic rings. The molecule has 0 aliphatic carbocycles. The van der Waals surface area contributed by atoms with Crippen molar-refractivity contribution in [3.05, 3.63) is 35.4 Å². The average Bonchev–Trinajstić information content (AvgIpc) is 3.01. The molecule has 1 N–H and O–H groups in total. The summed E-state index contributed by atoms with van der Waals surface area (Å²) in [5, 5.41) is 3.17. The van der Waals surface area contributed by atoms with E-state index in [1.54, 1.807) is 11.8 Å². The van der Waals surface area contributed by atoms with Crippen LogP contribution in [0.5, 0.6) is 0 Å². The van der Waals surface area contributed by atoms with Crippen molar-refractivity contribution < 1.29 is 9.59 Å². The first-order valence-corrected chi connectivity index (χ1v) is 11.8. The third-order valence-electron chi connectivity index (χ3n) is 5.91. The molecule has 1 aromatic carbocycles. The largest absolute Gasteiger partial charge is 0.352 e. The molecule has 1 fully saturated rings. The number of amides is 2. The van der Waals surface area contributed by atoms with Crippen molar-refractivity contribution in [3.63, 3.8) is 0 Å². The summed E-state index contributed by atoms with van der Waals surface area (Å²) in [5.41, 5.74) is 2.76. The van der Waals surface area contributed by atoms with Gasteiger partial charge in [-0.1, -0.05) is 24.3 Å². The molecule has 6 heteroatoms. The average molecular weight is 404 g/mol. The third kappa shape index (κ3) is 5.74. The number of carbonyl (C=O) groups is 2. The zero-order valence-corrected chi connectivity index (χ0v) is 18.0. The smallest absolute Gasteiger partial charge is 0.226 e. The third-order valence-corrected chi connectivity index (χ3v) is 6.52. The van der Waals surface area contributed by atoms with Crippen LogP contribution in [0.1, 0.15) is 30.4 Å². The van der Waals surface area contributed by atoms with E-state index in [0.717, 1.165) is 57.6 Å². The topological polar surface area (TPSA) is 52.7 Å². The molecule has 5 nitrogen and oxygen atoms in total. The maximum Gasteiger partial charge on any atom is 0.226 e. The van der Waals surface area contributed by atoms with Crippen molar-refractivity contribution in [2.45, 2.75) is 38.1 Å². The van der Waals surface area contributed by atoms with Crippen molar-refractivity contribution in [3.8, 4) is 0 Å². The molecule has 3 rings (SSSR count). The summed E-state index contributed by atoms with van der Waals surface area (Å²) in [5.74, 6) is 1.29.